The standard InChI is InChI=1S/C14H17NO6S/c1-3-19-13(16)14(15)11(12(14)22(2,17)18)8-4-5-9-10(6-8)21-7-20-9/h4-6,11-12H,3,7,15H2,1-2H3. The molecule has 0 aromatic heterocycles. The first-order valence-corrected chi connectivity index (χ1v) is 8.80. The lowest BCUT2D eigenvalue weighted by molar-refractivity contribution is -0.145. The molecule has 0 saturated heterocycles. The van der Waals surface area contributed by atoms with Gasteiger partial charge < -0.3 is 19.9 Å². The number of ether oxygens (including phenoxy) is 3. The third-order valence-corrected chi connectivity index (χ3v) is 5.61. The zero-order valence-electron chi connectivity index (χ0n) is 12.2. The average Bonchev–Trinajstić information content (AvgIpc) is 2.87. The lowest BCUT2D eigenvalue weighted by Gasteiger charge is -2.10. The molecule has 1 aliphatic heterocycles. The Balaban J connectivity index is 1.99. The number of carbonyl (C=O) groups is 1. The van der Waals surface area contributed by atoms with Crippen molar-refractivity contribution in [1.29, 1.82) is 0 Å². The van der Waals surface area contributed by atoms with E-state index in [-0.39, 0.29) is 13.4 Å². The molecule has 1 aliphatic carbocycles. The van der Waals surface area contributed by atoms with Crippen LogP contribution in [0, 0.1) is 0 Å². The topological polar surface area (TPSA) is 105 Å². The molecule has 120 valence electrons. The van der Waals surface area contributed by atoms with E-state index in [1.165, 1.54) is 0 Å². The molecule has 0 spiro atoms. The van der Waals surface area contributed by atoms with Crippen LogP contribution in [0.25, 0.3) is 0 Å². The predicted octanol–water partition coefficient (Wildman–Crippen LogP) is 0.186. The van der Waals surface area contributed by atoms with Crippen LogP contribution in [0.4, 0.5) is 0 Å². The Hall–Kier alpha value is -1.80. The average molecular weight is 327 g/mol. The summed E-state index contributed by atoms with van der Waals surface area (Å²) < 4.78 is 39.4. The van der Waals surface area contributed by atoms with E-state index in [2.05, 4.69) is 0 Å². The third-order valence-electron chi connectivity index (χ3n) is 4.03. The highest BCUT2D eigenvalue weighted by Crippen LogP contribution is 2.55. The van der Waals surface area contributed by atoms with Gasteiger partial charge in [0, 0.05) is 12.2 Å². The number of carbonyl (C=O) groups excluding carboxylic acids is 1. The Morgan fingerprint density at radius 3 is 2.73 bits per heavy atom. The molecule has 2 N–H and O–H groups in total. The molecule has 1 fully saturated rings. The first-order valence-electron chi connectivity index (χ1n) is 6.84. The quantitative estimate of drug-likeness (QED) is 0.787. The van der Waals surface area contributed by atoms with Gasteiger partial charge in [-0.05, 0) is 24.6 Å². The minimum Gasteiger partial charge on any atom is -0.465 e. The van der Waals surface area contributed by atoms with Crippen molar-refractivity contribution < 1.29 is 27.4 Å². The SMILES string of the molecule is CCOC(=O)C1(N)C(c2ccc3c(c2)OCO3)C1S(C)(=O)=O. The maximum Gasteiger partial charge on any atom is 0.328 e. The van der Waals surface area contributed by atoms with E-state index in [1.807, 2.05) is 0 Å². The summed E-state index contributed by atoms with van der Waals surface area (Å²) in [6, 6.07) is 5.05. The largest absolute Gasteiger partial charge is 0.465 e. The van der Waals surface area contributed by atoms with Crippen LogP contribution < -0.4 is 15.2 Å². The van der Waals surface area contributed by atoms with Gasteiger partial charge in [0.15, 0.2) is 21.3 Å². The van der Waals surface area contributed by atoms with Gasteiger partial charge in [-0.3, -0.25) is 0 Å². The Labute approximate surface area is 128 Å². The van der Waals surface area contributed by atoms with Crippen LogP contribution >= 0.6 is 0 Å². The van der Waals surface area contributed by atoms with E-state index in [0.717, 1.165) is 6.26 Å². The van der Waals surface area contributed by atoms with Crippen molar-refractivity contribution in [3.8, 4) is 11.5 Å². The summed E-state index contributed by atoms with van der Waals surface area (Å²) in [6.07, 6.45) is 1.07. The molecule has 7 nitrogen and oxygen atoms in total. The molecule has 0 bridgehead atoms. The Kier molecular flexibility index (Phi) is 3.33. The zero-order valence-corrected chi connectivity index (χ0v) is 13.1. The van der Waals surface area contributed by atoms with Gasteiger partial charge in [0.25, 0.3) is 0 Å². The molecule has 3 unspecified atom stereocenters. The van der Waals surface area contributed by atoms with Crippen molar-refractivity contribution >= 4 is 15.8 Å². The maximum absolute atomic E-state index is 12.1. The fourth-order valence-corrected chi connectivity index (χ4v) is 4.78. The zero-order chi connectivity index (χ0) is 16.1. The second kappa shape index (κ2) is 4.85. The Morgan fingerprint density at radius 2 is 2.09 bits per heavy atom. The number of benzene rings is 1. The molecule has 1 aromatic carbocycles. The van der Waals surface area contributed by atoms with Crippen molar-refractivity contribution in [3.63, 3.8) is 0 Å². The smallest absolute Gasteiger partial charge is 0.328 e. The Morgan fingerprint density at radius 1 is 1.41 bits per heavy atom. The van der Waals surface area contributed by atoms with Gasteiger partial charge >= 0.3 is 5.97 Å². The highest BCUT2D eigenvalue weighted by molar-refractivity contribution is 7.91. The van der Waals surface area contributed by atoms with Crippen LogP contribution in [-0.4, -0.2) is 44.8 Å². The summed E-state index contributed by atoms with van der Waals surface area (Å²) in [7, 11) is -3.51. The van der Waals surface area contributed by atoms with Crippen molar-refractivity contribution in [2.75, 3.05) is 19.7 Å². The summed E-state index contributed by atoms with van der Waals surface area (Å²) in [4.78, 5) is 12.1. The van der Waals surface area contributed by atoms with Gasteiger partial charge in [-0.1, -0.05) is 6.07 Å². The van der Waals surface area contributed by atoms with Gasteiger partial charge in [-0.2, -0.15) is 0 Å². The van der Waals surface area contributed by atoms with Crippen molar-refractivity contribution in [2.45, 2.75) is 23.6 Å². The van der Waals surface area contributed by atoms with Gasteiger partial charge in [-0.15, -0.1) is 0 Å². The third kappa shape index (κ3) is 2.14. The van der Waals surface area contributed by atoms with E-state index >= 15 is 0 Å². The highest BCUT2D eigenvalue weighted by atomic mass is 32.2. The van der Waals surface area contributed by atoms with Crippen molar-refractivity contribution in [1.82, 2.24) is 0 Å². The molecule has 1 heterocycles. The van der Waals surface area contributed by atoms with E-state index in [4.69, 9.17) is 19.9 Å². The second-order valence-corrected chi connectivity index (χ2v) is 7.66. The summed E-state index contributed by atoms with van der Waals surface area (Å²) in [5.41, 5.74) is 5.16. The number of hydrogen-bond donors (Lipinski definition) is 1. The lowest BCUT2D eigenvalue weighted by atomic mass is 10.1. The predicted molar refractivity (Wildman–Crippen MR) is 77.5 cm³/mol. The maximum atomic E-state index is 12.1. The molecule has 3 rings (SSSR count). The number of nitrogens with two attached hydrogens (primary N) is 1. The van der Waals surface area contributed by atoms with Gasteiger partial charge in [0.1, 0.15) is 5.54 Å². The monoisotopic (exact) mass is 327 g/mol. The second-order valence-electron chi connectivity index (χ2n) is 5.49. The van der Waals surface area contributed by atoms with Crippen molar-refractivity contribution in [2.24, 2.45) is 5.73 Å². The summed E-state index contributed by atoms with van der Waals surface area (Å²) >= 11 is 0. The summed E-state index contributed by atoms with van der Waals surface area (Å²) in [6.45, 7) is 1.90. The fourth-order valence-electron chi connectivity index (χ4n) is 3.03. The minimum absolute atomic E-state index is 0.116. The molecule has 0 amide bonds. The lowest BCUT2D eigenvalue weighted by Crippen LogP contribution is -2.41. The highest BCUT2D eigenvalue weighted by Gasteiger charge is 2.73. The number of sulfone groups is 1. The molecule has 8 heteroatoms. The van der Waals surface area contributed by atoms with Gasteiger partial charge in [0.05, 0.1) is 11.9 Å². The van der Waals surface area contributed by atoms with E-state index in [9.17, 15) is 13.2 Å². The molecule has 1 aromatic rings. The molecule has 2 aliphatic rings. The van der Waals surface area contributed by atoms with Crippen LogP contribution in [0.15, 0.2) is 18.2 Å². The molecular formula is C14H17NO6S. The normalized spacial score (nSPS) is 29.2. The Bertz CT molecular complexity index is 731. The van der Waals surface area contributed by atoms with Crippen LogP contribution in [0.2, 0.25) is 0 Å². The summed E-state index contributed by atoms with van der Waals surface area (Å²) in [5.74, 6) is -0.258. The van der Waals surface area contributed by atoms with Crippen LogP contribution in [0.3, 0.4) is 0 Å². The summed E-state index contributed by atoms with van der Waals surface area (Å²) in [5, 5.41) is -1.00. The van der Waals surface area contributed by atoms with Gasteiger partial charge in [0.2, 0.25) is 6.79 Å². The first kappa shape index (κ1) is 15.1. The first-order chi connectivity index (χ1) is 10.3. The fraction of sp³-hybridized carbons (Fsp3) is 0.500. The molecule has 22 heavy (non-hydrogen) atoms. The molecule has 1 saturated carbocycles. The van der Waals surface area contributed by atoms with Crippen molar-refractivity contribution in [3.05, 3.63) is 23.8 Å². The number of esters is 1. The van der Waals surface area contributed by atoms with E-state index in [1.54, 1.807) is 25.1 Å². The molecule has 3 atom stereocenters. The molecular weight excluding hydrogens is 310 g/mol. The molecule has 0 radical (unpaired) electrons. The van der Waals surface area contributed by atoms with Crippen LogP contribution in [-0.2, 0) is 19.4 Å². The van der Waals surface area contributed by atoms with Crippen LogP contribution in [0.1, 0.15) is 18.4 Å². The number of fused-ring (bicyclic) bond motifs is 1. The number of rotatable bonds is 4. The minimum atomic E-state index is -3.51. The van der Waals surface area contributed by atoms with E-state index < -0.39 is 32.5 Å². The van der Waals surface area contributed by atoms with Gasteiger partial charge in [-0.25, -0.2) is 13.2 Å². The van der Waals surface area contributed by atoms with Crippen LogP contribution in [0.5, 0.6) is 11.5 Å². The van der Waals surface area contributed by atoms with E-state index in [0.29, 0.717) is 17.1 Å². The number of hydrogen-bond acceptors (Lipinski definition) is 7.